The van der Waals surface area contributed by atoms with E-state index in [0.717, 1.165) is 12.4 Å². The Balaban J connectivity index is 1.68. The molecule has 0 aliphatic carbocycles. The average Bonchev–Trinajstić information content (AvgIpc) is 3.08. The van der Waals surface area contributed by atoms with Crippen molar-refractivity contribution in [3.63, 3.8) is 0 Å². The second-order valence-electron chi connectivity index (χ2n) is 6.11. The van der Waals surface area contributed by atoms with E-state index in [4.69, 9.17) is 0 Å². The van der Waals surface area contributed by atoms with E-state index in [1.165, 1.54) is 24.3 Å². The molecule has 1 fully saturated rings. The highest BCUT2D eigenvalue weighted by molar-refractivity contribution is 6.00. The summed E-state index contributed by atoms with van der Waals surface area (Å²) < 4.78 is 25.8. The van der Waals surface area contributed by atoms with Crippen LogP contribution in [0.1, 0.15) is 12.8 Å². The van der Waals surface area contributed by atoms with Gasteiger partial charge in [0.2, 0.25) is 11.8 Å². The minimum absolute atomic E-state index is 0.0773. The summed E-state index contributed by atoms with van der Waals surface area (Å²) in [5, 5.41) is 8.26. The first kappa shape index (κ1) is 17.9. The lowest BCUT2D eigenvalue weighted by Crippen LogP contribution is -2.41. The second kappa shape index (κ2) is 7.52. The highest BCUT2D eigenvalue weighted by Gasteiger charge is 2.43. The quantitative estimate of drug-likeness (QED) is 0.753. The van der Waals surface area contributed by atoms with Gasteiger partial charge in [0.05, 0.1) is 17.8 Å². The van der Waals surface area contributed by atoms with Gasteiger partial charge < -0.3 is 16.0 Å². The molecule has 3 rings (SSSR count). The number of aromatic nitrogens is 2. The lowest BCUT2D eigenvalue weighted by atomic mass is 9.82. The molecule has 0 aromatic carbocycles. The zero-order valence-corrected chi connectivity index (χ0v) is 13.8. The molecule has 7 nitrogen and oxygen atoms in total. The van der Waals surface area contributed by atoms with Crippen molar-refractivity contribution < 1.29 is 18.4 Å². The number of pyridine rings is 2. The number of carbonyl (C=O) groups excluding carboxylic acids is 2. The molecule has 1 unspecified atom stereocenters. The van der Waals surface area contributed by atoms with Crippen molar-refractivity contribution in [3.05, 3.63) is 48.3 Å². The molecule has 2 amide bonds. The molecule has 0 bridgehead atoms. The Bertz CT molecular complexity index is 790. The maximum Gasteiger partial charge on any atom is 0.233 e. The zero-order valence-electron chi connectivity index (χ0n) is 13.8. The van der Waals surface area contributed by atoms with Gasteiger partial charge in [0.1, 0.15) is 23.3 Å². The molecule has 3 N–H and O–H groups in total. The summed E-state index contributed by atoms with van der Waals surface area (Å²) in [5.41, 5.74) is -0.958. The molecule has 26 heavy (non-hydrogen) atoms. The van der Waals surface area contributed by atoms with E-state index >= 15 is 0 Å². The van der Waals surface area contributed by atoms with Crippen LogP contribution in [0.4, 0.5) is 20.4 Å². The number of hydrogen-bond donors (Lipinski definition) is 3. The van der Waals surface area contributed by atoms with Gasteiger partial charge in [-0.25, -0.2) is 18.7 Å². The standard InChI is InChI=1S/C17H17F2N5O2/c18-11-1-3-13(21-8-11)23-15(25)7-17(5-6-20-10-17)16(26)24-14-4-2-12(19)9-22-14/h1-4,8-9,20H,5-7,10H2,(H,21,23,25)(H,22,24,26). The van der Waals surface area contributed by atoms with E-state index in [1.54, 1.807) is 0 Å². The largest absolute Gasteiger partial charge is 0.316 e. The molecule has 2 aromatic heterocycles. The van der Waals surface area contributed by atoms with Crippen LogP contribution < -0.4 is 16.0 Å². The molecule has 1 saturated heterocycles. The van der Waals surface area contributed by atoms with Gasteiger partial charge in [-0.1, -0.05) is 0 Å². The Kier molecular flexibility index (Phi) is 5.17. The molecule has 1 aliphatic heterocycles. The summed E-state index contributed by atoms with van der Waals surface area (Å²) in [6.07, 6.45) is 2.38. The van der Waals surface area contributed by atoms with E-state index in [9.17, 15) is 18.4 Å². The lowest BCUT2D eigenvalue weighted by molar-refractivity contribution is -0.129. The highest BCUT2D eigenvalue weighted by Crippen LogP contribution is 2.31. The van der Waals surface area contributed by atoms with Crippen LogP contribution in [0.2, 0.25) is 0 Å². The Hall–Kier alpha value is -2.94. The molecular weight excluding hydrogens is 344 g/mol. The van der Waals surface area contributed by atoms with Gasteiger partial charge in [-0.2, -0.15) is 0 Å². The van der Waals surface area contributed by atoms with Crippen LogP contribution in [0.5, 0.6) is 0 Å². The minimum Gasteiger partial charge on any atom is -0.316 e. The number of hydrogen-bond acceptors (Lipinski definition) is 5. The third kappa shape index (κ3) is 4.17. The molecule has 1 atom stereocenters. The molecule has 0 radical (unpaired) electrons. The summed E-state index contributed by atoms with van der Waals surface area (Å²) in [4.78, 5) is 32.6. The number of anilines is 2. The summed E-state index contributed by atoms with van der Waals surface area (Å²) >= 11 is 0. The molecule has 136 valence electrons. The van der Waals surface area contributed by atoms with Crippen molar-refractivity contribution in [3.8, 4) is 0 Å². The van der Waals surface area contributed by atoms with E-state index in [1.807, 2.05) is 0 Å². The van der Waals surface area contributed by atoms with Crippen LogP contribution in [0.3, 0.4) is 0 Å². The first-order valence-corrected chi connectivity index (χ1v) is 8.02. The SMILES string of the molecule is O=C(CC1(C(=O)Nc2ccc(F)cn2)CCNC1)Nc1ccc(F)cn1. The van der Waals surface area contributed by atoms with E-state index in [-0.39, 0.29) is 24.0 Å². The predicted molar refractivity (Wildman–Crippen MR) is 90.2 cm³/mol. The van der Waals surface area contributed by atoms with Gasteiger partial charge in [0.15, 0.2) is 0 Å². The van der Waals surface area contributed by atoms with Crippen molar-refractivity contribution in [1.82, 2.24) is 15.3 Å². The smallest absolute Gasteiger partial charge is 0.233 e. The number of carbonyl (C=O) groups is 2. The normalized spacial score (nSPS) is 19.2. The lowest BCUT2D eigenvalue weighted by Gasteiger charge is -2.26. The molecule has 0 saturated carbocycles. The van der Waals surface area contributed by atoms with Crippen LogP contribution in [-0.2, 0) is 9.59 Å². The monoisotopic (exact) mass is 361 g/mol. The van der Waals surface area contributed by atoms with Crippen LogP contribution >= 0.6 is 0 Å². The van der Waals surface area contributed by atoms with Crippen LogP contribution in [-0.4, -0.2) is 34.9 Å². The number of nitrogens with zero attached hydrogens (tertiary/aromatic N) is 2. The Labute approximate surface area is 148 Å². The summed E-state index contributed by atoms with van der Waals surface area (Å²) in [6, 6.07) is 5.07. The minimum atomic E-state index is -0.958. The van der Waals surface area contributed by atoms with Gasteiger partial charge in [-0.05, 0) is 37.2 Å². The Morgan fingerprint density at radius 2 is 1.65 bits per heavy atom. The highest BCUT2D eigenvalue weighted by atomic mass is 19.1. The molecule has 1 aliphatic rings. The van der Waals surface area contributed by atoms with E-state index in [2.05, 4.69) is 25.9 Å². The van der Waals surface area contributed by atoms with Crippen LogP contribution in [0.15, 0.2) is 36.7 Å². The fraction of sp³-hybridized carbons (Fsp3) is 0.294. The van der Waals surface area contributed by atoms with Gasteiger partial charge in [0.25, 0.3) is 0 Å². The summed E-state index contributed by atoms with van der Waals surface area (Å²) in [6.45, 7) is 0.913. The van der Waals surface area contributed by atoms with Crippen LogP contribution in [0, 0.1) is 17.0 Å². The molecule has 3 heterocycles. The average molecular weight is 361 g/mol. The summed E-state index contributed by atoms with van der Waals surface area (Å²) in [5.74, 6) is -1.38. The number of amides is 2. The Morgan fingerprint density at radius 3 is 2.15 bits per heavy atom. The van der Waals surface area contributed by atoms with Gasteiger partial charge in [-0.3, -0.25) is 9.59 Å². The van der Waals surface area contributed by atoms with Crippen molar-refractivity contribution in [2.24, 2.45) is 5.41 Å². The number of halogens is 2. The fourth-order valence-electron chi connectivity index (χ4n) is 2.81. The van der Waals surface area contributed by atoms with E-state index in [0.29, 0.717) is 19.5 Å². The molecule has 0 spiro atoms. The maximum absolute atomic E-state index is 12.9. The first-order chi connectivity index (χ1) is 12.5. The van der Waals surface area contributed by atoms with Gasteiger partial charge in [-0.15, -0.1) is 0 Å². The topological polar surface area (TPSA) is 96.0 Å². The molecule has 9 heteroatoms. The number of nitrogens with one attached hydrogen (secondary N) is 3. The third-order valence-corrected chi connectivity index (χ3v) is 4.19. The fourth-order valence-corrected chi connectivity index (χ4v) is 2.81. The summed E-state index contributed by atoms with van der Waals surface area (Å²) in [7, 11) is 0. The number of rotatable bonds is 5. The first-order valence-electron chi connectivity index (χ1n) is 8.02. The third-order valence-electron chi connectivity index (χ3n) is 4.19. The Morgan fingerprint density at radius 1 is 1.04 bits per heavy atom. The van der Waals surface area contributed by atoms with Crippen molar-refractivity contribution >= 4 is 23.5 Å². The van der Waals surface area contributed by atoms with Crippen LogP contribution in [0.25, 0.3) is 0 Å². The zero-order chi connectivity index (χ0) is 18.6. The maximum atomic E-state index is 12.9. The van der Waals surface area contributed by atoms with Crippen molar-refractivity contribution in [2.45, 2.75) is 12.8 Å². The second-order valence-corrected chi connectivity index (χ2v) is 6.11. The van der Waals surface area contributed by atoms with Gasteiger partial charge >= 0.3 is 0 Å². The van der Waals surface area contributed by atoms with Gasteiger partial charge in [0, 0.05) is 13.0 Å². The molecule has 2 aromatic rings. The van der Waals surface area contributed by atoms with Crippen molar-refractivity contribution in [2.75, 3.05) is 23.7 Å². The molecular formula is C17H17F2N5O2. The predicted octanol–water partition coefficient (Wildman–Crippen LogP) is 1.70. The van der Waals surface area contributed by atoms with E-state index < -0.39 is 23.0 Å². The van der Waals surface area contributed by atoms with Crippen molar-refractivity contribution in [1.29, 1.82) is 0 Å².